The molecule has 0 bridgehead atoms. The lowest BCUT2D eigenvalue weighted by molar-refractivity contribution is 1.23. The van der Waals surface area contributed by atoms with Gasteiger partial charge in [-0.3, -0.25) is 4.99 Å². The van der Waals surface area contributed by atoms with E-state index in [1.54, 1.807) is 7.05 Å². The van der Waals surface area contributed by atoms with Crippen LogP contribution in [0.2, 0.25) is 0 Å². The highest BCUT2D eigenvalue weighted by Gasteiger charge is 2.01. The first-order valence-corrected chi connectivity index (χ1v) is 3.25. The van der Waals surface area contributed by atoms with Gasteiger partial charge in [0.15, 0.2) is 0 Å². The maximum Gasteiger partial charge on any atom is 0.135 e. The summed E-state index contributed by atoms with van der Waals surface area (Å²) in [5.41, 5.74) is 16.5. The van der Waals surface area contributed by atoms with Crippen molar-refractivity contribution in [3.63, 3.8) is 0 Å². The summed E-state index contributed by atoms with van der Waals surface area (Å²) in [6.07, 6.45) is 2.75. The number of rotatable bonds is 3. The Morgan fingerprint density at radius 2 is 1.92 bits per heavy atom. The van der Waals surface area contributed by atoms with E-state index in [9.17, 15) is 0 Å². The number of nitrogens with zero attached hydrogens (tertiary/aromatic N) is 2. The summed E-state index contributed by atoms with van der Waals surface area (Å²) in [6.45, 7) is 3.39. The van der Waals surface area contributed by atoms with E-state index in [-0.39, 0.29) is 11.7 Å². The molecular formula is C7H13N5. The van der Waals surface area contributed by atoms with Gasteiger partial charge in [-0.1, -0.05) is 6.58 Å². The average Bonchev–Trinajstić information content (AvgIpc) is 1.99. The van der Waals surface area contributed by atoms with Gasteiger partial charge in [0, 0.05) is 19.5 Å². The van der Waals surface area contributed by atoms with E-state index < -0.39 is 0 Å². The number of aliphatic imine (C=N–C) groups is 2. The molecule has 0 aliphatic rings. The number of hydrogen-bond acceptors (Lipinski definition) is 4. The Labute approximate surface area is 71.4 Å². The molecule has 0 aliphatic heterocycles. The van der Waals surface area contributed by atoms with Crippen molar-refractivity contribution in [1.82, 2.24) is 0 Å². The van der Waals surface area contributed by atoms with Crippen LogP contribution in [0.4, 0.5) is 0 Å². The second-order valence-electron chi connectivity index (χ2n) is 1.95. The van der Waals surface area contributed by atoms with Gasteiger partial charge in [-0.2, -0.15) is 0 Å². The number of amidine groups is 1. The molecule has 12 heavy (non-hydrogen) atoms. The first kappa shape index (κ1) is 10.2. The van der Waals surface area contributed by atoms with Crippen LogP contribution in [-0.4, -0.2) is 19.1 Å². The first-order chi connectivity index (χ1) is 5.63. The van der Waals surface area contributed by atoms with Gasteiger partial charge < -0.3 is 17.2 Å². The molecule has 0 saturated carbocycles. The molecule has 0 heterocycles. The molecule has 0 aliphatic carbocycles. The fourth-order valence-corrected chi connectivity index (χ4v) is 0.586. The molecule has 0 aromatic carbocycles. The Morgan fingerprint density at radius 1 is 1.33 bits per heavy atom. The van der Waals surface area contributed by atoms with Gasteiger partial charge in [0.2, 0.25) is 0 Å². The summed E-state index contributed by atoms with van der Waals surface area (Å²) in [5, 5.41) is 0. The van der Waals surface area contributed by atoms with Gasteiger partial charge in [0.05, 0.1) is 5.57 Å². The predicted molar refractivity (Wildman–Crippen MR) is 51.6 cm³/mol. The van der Waals surface area contributed by atoms with Crippen molar-refractivity contribution in [3.8, 4) is 0 Å². The number of hydrogen-bond donors (Lipinski definition) is 3. The molecule has 0 rings (SSSR count). The highest BCUT2D eigenvalue weighted by atomic mass is 14.9. The lowest BCUT2D eigenvalue weighted by Crippen LogP contribution is -2.23. The predicted octanol–water partition coefficient (Wildman–Crippen LogP) is -0.683. The zero-order valence-corrected chi connectivity index (χ0v) is 6.99. The fraction of sp³-hybridized carbons (Fsp3) is 0.143. The molecule has 5 heteroatoms. The summed E-state index contributed by atoms with van der Waals surface area (Å²) < 4.78 is 0. The van der Waals surface area contributed by atoms with E-state index in [0.29, 0.717) is 5.57 Å². The zero-order chi connectivity index (χ0) is 9.56. The van der Waals surface area contributed by atoms with Crippen LogP contribution < -0.4 is 17.2 Å². The summed E-state index contributed by atoms with van der Waals surface area (Å²) >= 11 is 0. The van der Waals surface area contributed by atoms with Crippen molar-refractivity contribution >= 4 is 12.1 Å². The highest BCUT2D eigenvalue weighted by Crippen LogP contribution is 1.92. The third kappa shape index (κ3) is 2.87. The molecule has 66 valence electrons. The third-order valence-corrected chi connectivity index (χ3v) is 1.08. The number of nitrogens with two attached hydrogens (primary N) is 3. The molecule has 0 spiro atoms. The molecule has 0 aromatic rings. The van der Waals surface area contributed by atoms with Crippen LogP contribution in [0.5, 0.6) is 0 Å². The third-order valence-electron chi connectivity index (χ3n) is 1.08. The minimum atomic E-state index is 0.0868. The Bertz CT molecular complexity index is 245. The van der Waals surface area contributed by atoms with Crippen LogP contribution in [0.3, 0.4) is 0 Å². The average molecular weight is 167 g/mol. The summed E-state index contributed by atoms with van der Waals surface area (Å²) in [5.74, 6) is 0.291. The quantitative estimate of drug-likeness (QED) is 0.383. The van der Waals surface area contributed by atoms with E-state index in [2.05, 4.69) is 16.6 Å². The van der Waals surface area contributed by atoms with E-state index >= 15 is 0 Å². The SMILES string of the molecule is C=C/N=C(/N)C(/C=N\C)=C(N)N. The van der Waals surface area contributed by atoms with Gasteiger partial charge >= 0.3 is 0 Å². The fourth-order valence-electron chi connectivity index (χ4n) is 0.586. The minimum Gasteiger partial charge on any atom is -0.385 e. The zero-order valence-electron chi connectivity index (χ0n) is 6.99. The van der Waals surface area contributed by atoms with Crippen LogP contribution in [0, 0.1) is 0 Å². The topological polar surface area (TPSA) is 103 Å². The van der Waals surface area contributed by atoms with Crippen molar-refractivity contribution in [2.75, 3.05) is 7.05 Å². The molecule has 5 nitrogen and oxygen atoms in total. The molecule has 0 amide bonds. The molecular weight excluding hydrogens is 154 g/mol. The largest absolute Gasteiger partial charge is 0.385 e. The van der Waals surface area contributed by atoms with E-state index in [4.69, 9.17) is 17.2 Å². The first-order valence-electron chi connectivity index (χ1n) is 3.25. The highest BCUT2D eigenvalue weighted by molar-refractivity contribution is 6.14. The van der Waals surface area contributed by atoms with Crippen molar-refractivity contribution in [3.05, 3.63) is 24.2 Å². The second kappa shape index (κ2) is 4.95. The lowest BCUT2D eigenvalue weighted by Gasteiger charge is -2.01. The van der Waals surface area contributed by atoms with E-state index in [0.717, 1.165) is 0 Å². The van der Waals surface area contributed by atoms with Crippen LogP contribution in [0.1, 0.15) is 0 Å². The van der Waals surface area contributed by atoms with Gasteiger partial charge in [-0.15, -0.1) is 0 Å². The molecule has 6 N–H and O–H groups in total. The smallest absolute Gasteiger partial charge is 0.135 e. The van der Waals surface area contributed by atoms with Crippen molar-refractivity contribution in [2.24, 2.45) is 27.2 Å². The second-order valence-corrected chi connectivity index (χ2v) is 1.95. The Balaban J connectivity index is 4.90. The maximum atomic E-state index is 5.49. The molecule has 0 unspecified atom stereocenters. The van der Waals surface area contributed by atoms with Gasteiger partial charge in [-0.25, -0.2) is 4.99 Å². The van der Waals surface area contributed by atoms with Gasteiger partial charge in [-0.05, 0) is 0 Å². The molecule has 0 radical (unpaired) electrons. The Kier molecular flexibility index (Phi) is 4.21. The Morgan fingerprint density at radius 3 is 2.25 bits per heavy atom. The van der Waals surface area contributed by atoms with Crippen LogP contribution in [-0.2, 0) is 0 Å². The molecule has 0 saturated heterocycles. The molecule has 0 fully saturated rings. The van der Waals surface area contributed by atoms with E-state index in [1.165, 1.54) is 12.4 Å². The molecule has 0 aromatic heterocycles. The standard InChI is InChI=1S/C7H13N5/c1-3-12-7(10)5(4-11-2)6(8)9/h3-4H,1,8-9H2,2H3,(H2,10,12)/b11-4-. The minimum absolute atomic E-state index is 0.0868. The van der Waals surface area contributed by atoms with Crippen molar-refractivity contribution < 1.29 is 0 Å². The van der Waals surface area contributed by atoms with Crippen LogP contribution in [0.15, 0.2) is 34.2 Å². The monoisotopic (exact) mass is 167 g/mol. The van der Waals surface area contributed by atoms with Crippen molar-refractivity contribution in [1.29, 1.82) is 0 Å². The maximum absolute atomic E-state index is 5.49. The van der Waals surface area contributed by atoms with Crippen LogP contribution in [0.25, 0.3) is 0 Å². The molecule has 0 atom stereocenters. The van der Waals surface area contributed by atoms with Crippen molar-refractivity contribution in [2.45, 2.75) is 0 Å². The summed E-state index contributed by atoms with van der Waals surface area (Å²) in [6, 6.07) is 0. The van der Waals surface area contributed by atoms with E-state index in [1.807, 2.05) is 0 Å². The Hall–Kier alpha value is -1.78. The summed E-state index contributed by atoms with van der Waals surface area (Å²) in [7, 11) is 1.59. The van der Waals surface area contributed by atoms with Gasteiger partial charge in [0.1, 0.15) is 11.7 Å². The summed E-state index contributed by atoms with van der Waals surface area (Å²) in [4.78, 5) is 7.44. The van der Waals surface area contributed by atoms with Crippen LogP contribution >= 0.6 is 0 Å². The van der Waals surface area contributed by atoms with Gasteiger partial charge in [0.25, 0.3) is 0 Å². The normalized spacial score (nSPS) is 11.6. The lowest BCUT2D eigenvalue weighted by atomic mass is 10.2.